The average molecular weight is 313 g/mol. The number of hydrogen-bond acceptors (Lipinski definition) is 2. The molecule has 2 amide bonds. The number of carbonyl (C=O) groups excluding carboxylic acids is 2. The number of amides is 2. The van der Waals surface area contributed by atoms with Crippen LogP contribution in [0.15, 0.2) is 18.2 Å². The van der Waals surface area contributed by atoms with Gasteiger partial charge in [-0.2, -0.15) is 0 Å². The van der Waals surface area contributed by atoms with Gasteiger partial charge in [-0.3, -0.25) is 9.59 Å². The van der Waals surface area contributed by atoms with Crippen molar-refractivity contribution >= 4 is 23.4 Å². The van der Waals surface area contributed by atoms with Gasteiger partial charge in [-0.1, -0.05) is 24.6 Å². The van der Waals surface area contributed by atoms with Crippen LogP contribution in [0.25, 0.3) is 0 Å². The fraction of sp³-hybridized carbons (Fsp3) is 0.467. The first kappa shape index (κ1) is 15.8. The standard InChI is InChI=1S/C15H18ClFN2O2/c1-3-13-15(21)19(9(2)6-14(20)18-13)8-10-4-5-12(17)11(16)7-10/h4-5,7,9,13H,3,6,8H2,1-2H3,(H,18,20). The fourth-order valence-electron chi connectivity index (χ4n) is 2.46. The Kier molecular flexibility index (Phi) is 4.83. The summed E-state index contributed by atoms with van der Waals surface area (Å²) in [5.41, 5.74) is 0.741. The molecule has 114 valence electrons. The maximum atomic E-state index is 13.2. The molecule has 1 fully saturated rings. The van der Waals surface area contributed by atoms with Gasteiger partial charge in [0.05, 0.1) is 5.02 Å². The molecule has 1 aromatic rings. The van der Waals surface area contributed by atoms with E-state index in [1.807, 2.05) is 13.8 Å². The van der Waals surface area contributed by atoms with Gasteiger partial charge in [0.15, 0.2) is 0 Å². The van der Waals surface area contributed by atoms with Crippen molar-refractivity contribution in [3.8, 4) is 0 Å². The lowest BCUT2D eigenvalue weighted by Gasteiger charge is -2.28. The van der Waals surface area contributed by atoms with Crippen molar-refractivity contribution in [3.63, 3.8) is 0 Å². The van der Waals surface area contributed by atoms with Gasteiger partial charge in [0.1, 0.15) is 11.9 Å². The van der Waals surface area contributed by atoms with Crippen molar-refractivity contribution in [2.75, 3.05) is 0 Å². The Morgan fingerprint density at radius 2 is 2.14 bits per heavy atom. The largest absolute Gasteiger partial charge is 0.344 e. The molecule has 21 heavy (non-hydrogen) atoms. The molecule has 2 rings (SSSR count). The molecule has 1 aliphatic heterocycles. The van der Waals surface area contributed by atoms with E-state index in [0.717, 1.165) is 5.56 Å². The summed E-state index contributed by atoms with van der Waals surface area (Å²) < 4.78 is 13.2. The summed E-state index contributed by atoms with van der Waals surface area (Å²) >= 11 is 5.77. The Balaban J connectivity index is 2.24. The van der Waals surface area contributed by atoms with Gasteiger partial charge in [0.25, 0.3) is 0 Å². The second kappa shape index (κ2) is 6.43. The lowest BCUT2D eigenvalue weighted by atomic mass is 10.1. The molecule has 1 saturated heterocycles. The first-order chi connectivity index (χ1) is 9.92. The molecule has 2 atom stereocenters. The van der Waals surface area contributed by atoms with E-state index in [1.54, 1.807) is 11.0 Å². The van der Waals surface area contributed by atoms with Crippen molar-refractivity contribution in [3.05, 3.63) is 34.6 Å². The minimum atomic E-state index is -0.502. The number of rotatable bonds is 3. The molecule has 0 aliphatic carbocycles. The molecule has 1 N–H and O–H groups in total. The van der Waals surface area contributed by atoms with Crippen LogP contribution in [0.5, 0.6) is 0 Å². The normalized spacial score (nSPS) is 23.0. The van der Waals surface area contributed by atoms with Crippen LogP contribution in [-0.4, -0.2) is 28.8 Å². The van der Waals surface area contributed by atoms with Gasteiger partial charge in [-0.25, -0.2) is 4.39 Å². The van der Waals surface area contributed by atoms with Crippen LogP contribution in [0.1, 0.15) is 32.3 Å². The Morgan fingerprint density at radius 1 is 1.43 bits per heavy atom. The molecule has 2 unspecified atom stereocenters. The monoisotopic (exact) mass is 312 g/mol. The molecule has 6 heteroatoms. The van der Waals surface area contributed by atoms with Gasteiger partial charge in [0, 0.05) is 19.0 Å². The lowest BCUT2D eigenvalue weighted by molar-refractivity contribution is -0.135. The molecule has 1 aliphatic rings. The van der Waals surface area contributed by atoms with Crippen LogP contribution >= 0.6 is 11.6 Å². The summed E-state index contributed by atoms with van der Waals surface area (Å²) in [6.45, 7) is 4.00. The lowest BCUT2D eigenvalue weighted by Crippen LogP contribution is -2.45. The van der Waals surface area contributed by atoms with Gasteiger partial charge >= 0.3 is 0 Å². The van der Waals surface area contributed by atoms with E-state index in [-0.39, 0.29) is 29.3 Å². The summed E-state index contributed by atoms with van der Waals surface area (Å²) in [6, 6.07) is 3.68. The Morgan fingerprint density at radius 3 is 2.76 bits per heavy atom. The summed E-state index contributed by atoms with van der Waals surface area (Å²) in [5, 5.41) is 2.76. The summed E-state index contributed by atoms with van der Waals surface area (Å²) in [7, 11) is 0. The van der Waals surface area contributed by atoms with E-state index in [9.17, 15) is 14.0 Å². The van der Waals surface area contributed by atoms with Crippen LogP contribution in [0, 0.1) is 5.82 Å². The molecule has 1 heterocycles. The van der Waals surface area contributed by atoms with Crippen LogP contribution in [0.4, 0.5) is 4.39 Å². The molecule has 0 aromatic heterocycles. The van der Waals surface area contributed by atoms with Crippen LogP contribution in [-0.2, 0) is 16.1 Å². The van der Waals surface area contributed by atoms with E-state index in [0.29, 0.717) is 13.0 Å². The highest BCUT2D eigenvalue weighted by atomic mass is 35.5. The van der Waals surface area contributed by atoms with Gasteiger partial charge in [-0.05, 0) is 31.0 Å². The first-order valence-electron chi connectivity index (χ1n) is 6.96. The molecule has 0 radical (unpaired) electrons. The highest BCUT2D eigenvalue weighted by molar-refractivity contribution is 6.30. The minimum Gasteiger partial charge on any atom is -0.344 e. The quantitative estimate of drug-likeness (QED) is 0.932. The third-order valence-corrected chi connectivity index (χ3v) is 3.96. The first-order valence-corrected chi connectivity index (χ1v) is 7.34. The predicted octanol–water partition coefficient (Wildman–Crippen LogP) is 2.49. The average Bonchev–Trinajstić information content (AvgIpc) is 2.53. The zero-order chi connectivity index (χ0) is 15.6. The van der Waals surface area contributed by atoms with Gasteiger partial charge < -0.3 is 10.2 Å². The van der Waals surface area contributed by atoms with E-state index in [4.69, 9.17) is 11.6 Å². The molecule has 1 aromatic carbocycles. The van der Waals surface area contributed by atoms with E-state index >= 15 is 0 Å². The van der Waals surface area contributed by atoms with E-state index in [1.165, 1.54) is 12.1 Å². The zero-order valence-electron chi connectivity index (χ0n) is 12.0. The maximum absolute atomic E-state index is 13.2. The van der Waals surface area contributed by atoms with Gasteiger partial charge in [0.2, 0.25) is 11.8 Å². The maximum Gasteiger partial charge on any atom is 0.245 e. The molecule has 0 spiro atoms. The second-order valence-electron chi connectivity index (χ2n) is 5.30. The van der Waals surface area contributed by atoms with E-state index in [2.05, 4.69) is 5.32 Å². The Hall–Kier alpha value is -1.62. The highest BCUT2D eigenvalue weighted by Crippen LogP contribution is 2.20. The number of benzene rings is 1. The minimum absolute atomic E-state index is 0.0312. The summed E-state index contributed by atoms with van der Waals surface area (Å²) in [6.07, 6.45) is 0.801. The topological polar surface area (TPSA) is 49.4 Å². The molecule has 0 saturated carbocycles. The van der Waals surface area contributed by atoms with Crippen LogP contribution in [0.2, 0.25) is 5.02 Å². The van der Waals surface area contributed by atoms with Crippen LogP contribution in [0.3, 0.4) is 0 Å². The number of hydrogen-bond donors (Lipinski definition) is 1. The van der Waals surface area contributed by atoms with Crippen molar-refractivity contribution in [2.24, 2.45) is 0 Å². The Labute approximate surface area is 128 Å². The third-order valence-electron chi connectivity index (χ3n) is 3.67. The molecule has 4 nitrogen and oxygen atoms in total. The zero-order valence-corrected chi connectivity index (χ0v) is 12.8. The van der Waals surface area contributed by atoms with Crippen LogP contribution < -0.4 is 5.32 Å². The molecule has 0 bridgehead atoms. The van der Waals surface area contributed by atoms with Gasteiger partial charge in [-0.15, -0.1) is 0 Å². The highest BCUT2D eigenvalue weighted by Gasteiger charge is 2.32. The second-order valence-corrected chi connectivity index (χ2v) is 5.70. The van der Waals surface area contributed by atoms with Crippen molar-refractivity contribution in [1.29, 1.82) is 0 Å². The number of carbonyl (C=O) groups is 2. The smallest absolute Gasteiger partial charge is 0.245 e. The number of nitrogens with zero attached hydrogens (tertiary/aromatic N) is 1. The third kappa shape index (κ3) is 3.53. The number of nitrogens with one attached hydrogen (secondary N) is 1. The summed E-state index contributed by atoms with van der Waals surface area (Å²) in [5.74, 6) is -0.724. The van der Waals surface area contributed by atoms with Crippen molar-refractivity contribution < 1.29 is 14.0 Å². The van der Waals surface area contributed by atoms with Crippen molar-refractivity contribution in [2.45, 2.75) is 45.3 Å². The molecular formula is C15H18ClFN2O2. The van der Waals surface area contributed by atoms with Crippen molar-refractivity contribution in [1.82, 2.24) is 10.2 Å². The predicted molar refractivity (Wildman–Crippen MR) is 78.3 cm³/mol. The Bertz CT molecular complexity index is 565. The number of halogens is 2. The fourth-order valence-corrected chi connectivity index (χ4v) is 2.66. The van der Waals surface area contributed by atoms with E-state index < -0.39 is 11.9 Å². The summed E-state index contributed by atoms with van der Waals surface area (Å²) in [4.78, 5) is 25.9. The molecular weight excluding hydrogens is 295 g/mol. The SMILES string of the molecule is CCC1NC(=O)CC(C)N(Cc2ccc(F)c(Cl)c2)C1=O.